The normalized spacial score (nSPS) is 28.7. The number of anilines is 2. The van der Waals surface area contributed by atoms with Gasteiger partial charge in [-0.15, -0.1) is 10.2 Å². The van der Waals surface area contributed by atoms with Crippen molar-refractivity contribution in [3.05, 3.63) is 97.2 Å². The number of pyridine rings is 1. The van der Waals surface area contributed by atoms with Gasteiger partial charge in [-0.05, 0) is 139 Å². The van der Waals surface area contributed by atoms with Gasteiger partial charge < -0.3 is 34.4 Å². The average Bonchev–Trinajstić information content (AvgIpc) is 3.29. The molecule has 18 heteroatoms. The molecule has 5 atom stereocenters. The first-order chi connectivity index (χ1) is 34.8. The molecule has 2 N–H and O–H groups in total. The van der Waals surface area contributed by atoms with Crippen LogP contribution in [-0.2, 0) is 16.0 Å². The third kappa shape index (κ3) is 10.8. The second-order valence-electron chi connectivity index (χ2n) is 22.6. The minimum Gasteiger partial charge on any atom is -0.484 e. The zero-order chi connectivity index (χ0) is 51.5. The summed E-state index contributed by atoms with van der Waals surface area (Å²) in [5, 5.41) is 41.7. The molecule has 0 amide bonds. The maximum absolute atomic E-state index is 12.3. The fourth-order valence-corrected chi connectivity index (χ4v) is 13.8. The van der Waals surface area contributed by atoms with Crippen LogP contribution in [-0.4, -0.2) is 112 Å². The summed E-state index contributed by atoms with van der Waals surface area (Å²) in [6, 6.07) is 17.4. The predicted molar refractivity (Wildman–Crippen MR) is 282 cm³/mol. The highest BCUT2D eigenvalue weighted by atomic mass is 35.5. The highest BCUT2D eigenvalue weighted by Crippen LogP contribution is 2.48. The molecular formula is C55H64Cl4N8O6. The molecule has 6 fully saturated rings. The molecule has 2 saturated carbocycles. The minimum absolute atomic E-state index is 0.170. The molecule has 1 unspecified atom stereocenters. The Kier molecular flexibility index (Phi) is 14.8. The van der Waals surface area contributed by atoms with E-state index in [0.717, 1.165) is 106 Å². The highest BCUT2D eigenvalue weighted by molar-refractivity contribution is 6.35. The number of rotatable bonds is 16. The van der Waals surface area contributed by atoms with Crippen molar-refractivity contribution in [2.75, 3.05) is 62.2 Å². The van der Waals surface area contributed by atoms with E-state index in [1.807, 2.05) is 58.0 Å². The molecule has 0 bridgehead atoms. The van der Waals surface area contributed by atoms with Crippen LogP contribution < -0.4 is 19.3 Å². The molecular weight excluding hydrogens is 1010 g/mol. The largest absolute Gasteiger partial charge is 0.484 e. The molecule has 4 aromatic rings. The number of halogens is 4. The Hall–Kier alpha value is -4.62. The monoisotopic (exact) mass is 1070 g/mol. The van der Waals surface area contributed by atoms with Crippen molar-refractivity contribution in [2.24, 2.45) is 40.4 Å². The molecule has 2 aromatic carbocycles. The van der Waals surface area contributed by atoms with Gasteiger partial charge in [-0.25, -0.2) is 4.98 Å². The first-order valence-corrected chi connectivity index (χ1v) is 27.3. The molecule has 4 saturated heterocycles. The molecule has 0 spiro atoms. The number of hydrogen-bond donors (Lipinski definition) is 2. The van der Waals surface area contributed by atoms with Crippen molar-refractivity contribution in [3.8, 4) is 17.6 Å². The first-order valence-electron chi connectivity index (χ1n) is 25.8. The van der Waals surface area contributed by atoms with E-state index in [-0.39, 0.29) is 12.0 Å². The molecule has 4 aliphatic heterocycles. The molecule has 73 heavy (non-hydrogen) atoms. The first kappa shape index (κ1) is 51.8. The maximum atomic E-state index is 12.3. The van der Waals surface area contributed by atoms with E-state index >= 15 is 0 Å². The van der Waals surface area contributed by atoms with Gasteiger partial charge in [0, 0.05) is 101 Å². The lowest BCUT2D eigenvalue weighted by Crippen LogP contribution is -2.60. The van der Waals surface area contributed by atoms with Crippen LogP contribution in [0.15, 0.2) is 54.7 Å². The van der Waals surface area contributed by atoms with E-state index in [9.17, 15) is 25.1 Å². The van der Waals surface area contributed by atoms with Crippen molar-refractivity contribution >= 4 is 70.0 Å². The summed E-state index contributed by atoms with van der Waals surface area (Å²) < 4.78 is 13.2. The Morgan fingerprint density at radius 2 is 1.25 bits per heavy atom. The van der Waals surface area contributed by atoms with Crippen LogP contribution >= 0.6 is 46.4 Å². The van der Waals surface area contributed by atoms with Gasteiger partial charge in [-0.2, -0.15) is 5.26 Å². The van der Waals surface area contributed by atoms with E-state index in [4.69, 9.17) is 66.1 Å². The van der Waals surface area contributed by atoms with Crippen LogP contribution in [0.25, 0.3) is 0 Å². The number of aromatic nitrogens is 3. The lowest BCUT2D eigenvalue weighted by atomic mass is 9.65. The predicted octanol–water partition coefficient (Wildman–Crippen LogP) is 10.9. The highest BCUT2D eigenvalue weighted by Gasteiger charge is 2.52. The van der Waals surface area contributed by atoms with Crippen LogP contribution in [0.3, 0.4) is 0 Å². The van der Waals surface area contributed by atoms with E-state index in [0.29, 0.717) is 86.1 Å². The van der Waals surface area contributed by atoms with Crippen LogP contribution in [0.2, 0.25) is 20.1 Å². The van der Waals surface area contributed by atoms with Crippen LogP contribution in [0.5, 0.6) is 11.5 Å². The van der Waals surface area contributed by atoms with Gasteiger partial charge >= 0.3 is 11.9 Å². The number of piperidine rings is 2. The summed E-state index contributed by atoms with van der Waals surface area (Å²) in [4.78, 5) is 38.4. The number of hydrogen-bond acceptors (Lipinski definition) is 12. The number of aliphatic carboxylic acids is 2. The average molecular weight is 1070 g/mol. The van der Waals surface area contributed by atoms with E-state index < -0.39 is 35.0 Å². The van der Waals surface area contributed by atoms with Crippen molar-refractivity contribution in [1.29, 1.82) is 5.26 Å². The second-order valence-corrected chi connectivity index (χ2v) is 24.3. The lowest BCUT2D eigenvalue weighted by Gasteiger charge is -2.54. The van der Waals surface area contributed by atoms with E-state index in [1.54, 1.807) is 24.4 Å². The Morgan fingerprint density at radius 1 is 0.712 bits per heavy atom. The minimum atomic E-state index is -0.743. The van der Waals surface area contributed by atoms with Gasteiger partial charge in [-0.3, -0.25) is 14.5 Å². The molecule has 2 aliphatic carbocycles. The zero-order valence-corrected chi connectivity index (χ0v) is 44.8. The number of carbonyl (C=O) groups is 2. The SMILES string of the molecule is C[C@@H](Oc1cc(N2CC([C@H]3CC(Cc4nnc(N5CC([C@H]6CCCN(C7CC(C)(C(=O)O)C7)C6)C5)cc4O[C@H](C)c4ccc(Cl)cc4Cl)CN(C4CC(C)(C(=O)O)C4)C3)C2)ncc1C#N)c1ccc(Cl)cc1Cl. The quantitative estimate of drug-likeness (QED) is 0.109. The molecule has 6 heterocycles. The van der Waals surface area contributed by atoms with Crippen LogP contribution in [0, 0.1) is 51.8 Å². The Labute approximate surface area is 447 Å². The number of carboxylic acids is 2. The van der Waals surface area contributed by atoms with Crippen LogP contribution in [0.4, 0.5) is 11.6 Å². The van der Waals surface area contributed by atoms with E-state index in [2.05, 4.69) is 30.7 Å². The zero-order valence-electron chi connectivity index (χ0n) is 41.8. The van der Waals surface area contributed by atoms with Crippen molar-refractivity contribution < 1.29 is 29.3 Å². The molecule has 0 radical (unpaired) electrons. The summed E-state index contributed by atoms with van der Waals surface area (Å²) in [7, 11) is 0. The summed E-state index contributed by atoms with van der Waals surface area (Å²) in [6.45, 7) is 14.6. The van der Waals surface area contributed by atoms with Gasteiger partial charge in [0.2, 0.25) is 0 Å². The molecule has 388 valence electrons. The van der Waals surface area contributed by atoms with Gasteiger partial charge in [0.25, 0.3) is 0 Å². The Morgan fingerprint density at radius 3 is 1.82 bits per heavy atom. The number of likely N-dealkylation sites (tertiary alicyclic amines) is 2. The molecule has 2 aromatic heterocycles. The third-order valence-corrected chi connectivity index (χ3v) is 18.5. The number of benzene rings is 2. The van der Waals surface area contributed by atoms with Crippen molar-refractivity contribution in [1.82, 2.24) is 25.0 Å². The fraction of sp³-hybridized carbons (Fsp3) is 0.564. The van der Waals surface area contributed by atoms with Gasteiger partial charge in [-0.1, -0.05) is 58.5 Å². The fourth-order valence-electron chi connectivity index (χ4n) is 12.7. The number of nitriles is 1. The lowest BCUT2D eigenvalue weighted by molar-refractivity contribution is -0.159. The number of carboxylic acid groups (broad SMARTS) is 2. The summed E-state index contributed by atoms with van der Waals surface area (Å²) in [5.41, 5.74) is 1.36. The Balaban J connectivity index is 0.848. The summed E-state index contributed by atoms with van der Waals surface area (Å²) in [6.07, 6.45) is 7.27. The van der Waals surface area contributed by atoms with Crippen molar-refractivity contribution in [3.63, 3.8) is 0 Å². The third-order valence-electron chi connectivity index (χ3n) is 17.4. The summed E-state index contributed by atoms with van der Waals surface area (Å²) in [5.74, 6) is 3.14. The standard InChI is InChI=1S/C55H64Cl4N8O6/c1-31(43-9-7-39(56)14-45(43)58)72-48-16-50(61-23-36(48)22-60)66-29-38(30-66)35-12-33(24-65(26-35)42-20-55(4,21-42)53(70)71)13-47-49(73-32(2)44-10-8-40(57)15-46(44)59)17-51(63-62-47)67-27-37(28-67)34-6-5-11-64(25-34)41-18-54(3,19-41)52(68)69/h7-10,14-17,23,31-35,37-38,41-42H,5-6,11-13,18-21,24-30H2,1-4H3,(H,68,69)(H,70,71)/t31-,32-,33?,34+,35+,41?,42?,54?,55?/m1/s1. The van der Waals surface area contributed by atoms with Crippen molar-refractivity contribution in [2.45, 2.75) is 103 Å². The molecule has 14 nitrogen and oxygen atoms in total. The Bertz CT molecular complexity index is 2770. The number of nitrogens with zero attached hydrogens (tertiary/aromatic N) is 8. The maximum Gasteiger partial charge on any atom is 0.309 e. The van der Waals surface area contributed by atoms with Gasteiger partial charge in [0.05, 0.1) is 17.0 Å². The van der Waals surface area contributed by atoms with Gasteiger partial charge in [0.1, 0.15) is 46.9 Å². The second kappa shape index (κ2) is 20.8. The van der Waals surface area contributed by atoms with Gasteiger partial charge in [0.15, 0.2) is 5.82 Å². The van der Waals surface area contributed by atoms with E-state index in [1.165, 1.54) is 6.42 Å². The number of ether oxygens (including phenoxy) is 2. The summed E-state index contributed by atoms with van der Waals surface area (Å²) >= 11 is 25.7. The smallest absolute Gasteiger partial charge is 0.309 e. The molecule has 10 rings (SSSR count). The van der Waals surface area contributed by atoms with Crippen LogP contribution in [0.1, 0.15) is 107 Å². The topological polar surface area (TPSA) is 168 Å². The molecule has 6 aliphatic rings.